The van der Waals surface area contributed by atoms with Gasteiger partial charge in [0.2, 0.25) is 0 Å². The molecule has 0 spiro atoms. The van der Waals surface area contributed by atoms with Gasteiger partial charge in [-0.1, -0.05) is 60.7 Å². The van der Waals surface area contributed by atoms with Gasteiger partial charge in [0, 0.05) is 0 Å². The molecule has 0 bridgehead atoms. The fourth-order valence-electron chi connectivity index (χ4n) is 4.52. The Bertz CT molecular complexity index is 1610. The van der Waals surface area contributed by atoms with E-state index in [0.29, 0.717) is 33.0 Å². The molecule has 0 N–H and O–H groups in total. The second-order valence-electron chi connectivity index (χ2n) is 8.56. The maximum Gasteiger partial charge on any atom is 0.416 e. The minimum Gasteiger partial charge on any atom is -0.207 e. The van der Waals surface area contributed by atoms with E-state index in [4.69, 9.17) is 0 Å². The van der Waals surface area contributed by atoms with Crippen LogP contribution in [-0.2, 0) is 12.4 Å². The lowest BCUT2D eigenvalue weighted by Crippen LogP contribution is -2.05. The molecule has 0 amide bonds. The van der Waals surface area contributed by atoms with E-state index < -0.39 is 29.3 Å². The molecule has 0 nitrogen and oxygen atoms in total. The van der Waals surface area contributed by atoms with Crippen LogP contribution in [0.15, 0.2) is 103 Å². The molecule has 7 heteroatoms. The number of rotatable bonds is 3. The second-order valence-corrected chi connectivity index (χ2v) is 8.56. The Hall–Kier alpha value is -4.13. The quantitative estimate of drug-likeness (QED) is 0.212. The summed E-state index contributed by atoms with van der Waals surface area (Å²) in [6.07, 6.45) is -9.14. The van der Waals surface area contributed by atoms with Crippen molar-refractivity contribution in [3.63, 3.8) is 0 Å². The summed E-state index contributed by atoms with van der Waals surface area (Å²) in [6, 6.07) is 23.6. The first-order valence-electron chi connectivity index (χ1n) is 11.2. The summed E-state index contributed by atoms with van der Waals surface area (Å²) in [7, 11) is 0. The number of benzene rings is 5. The summed E-state index contributed by atoms with van der Waals surface area (Å²) >= 11 is 0. The normalized spacial score (nSPS) is 12.2. The molecule has 0 saturated carbocycles. The molecule has 0 saturated heterocycles. The Morgan fingerprint density at radius 1 is 0.432 bits per heavy atom. The highest BCUT2D eigenvalue weighted by atomic mass is 19.4. The average molecular weight is 510 g/mol. The largest absolute Gasteiger partial charge is 0.416 e. The molecule has 0 aliphatic rings. The predicted octanol–water partition coefficient (Wildman–Crippen LogP) is 10.0. The standard InChI is InChI=1S/C30H17F7/c31-23-11-5-7-19(16-23)27-17-26(18-6-3-9-21(14-18)29(32,33)34)24-12-1-2-13-25(24)28(27)20-8-4-10-22(15-20)30(35,36)37/h1-17H. The molecule has 0 fully saturated rings. The van der Waals surface area contributed by atoms with Gasteiger partial charge in [-0.05, 0) is 86.6 Å². The topological polar surface area (TPSA) is 0 Å². The summed E-state index contributed by atoms with van der Waals surface area (Å²) in [5.41, 5.74) is 0.487. The molecule has 0 unspecified atom stereocenters. The highest BCUT2D eigenvalue weighted by Gasteiger charge is 2.32. The van der Waals surface area contributed by atoms with Crippen molar-refractivity contribution in [1.29, 1.82) is 0 Å². The van der Waals surface area contributed by atoms with Crippen LogP contribution in [0.3, 0.4) is 0 Å². The molecule has 186 valence electrons. The summed E-state index contributed by atoms with van der Waals surface area (Å²) in [4.78, 5) is 0. The van der Waals surface area contributed by atoms with Crippen molar-refractivity contribution in [1.82, 2.24) is 0 Å². The summed E-state index contributed by atoms with van der Waals surface area (Å²) in [5, 5.41) is 1.07. The summed E-state index contributed by atoms with van der Waals surface area (Å²) in [6.45, 7) is 0. The zero-order valence-electron chi connectivity index (χ0n) is 19.0. The first-order chi connectivity index (χ1) is 17.5. The third-order valence-electron chi connectivity index (χ3n) is 6.16. The third-order valence-corrected chi connectivity index (χ3v) is 6.16. The van der Waals surface area contributed by atoms with E-state index in [0.717, 1.165) is 24.3 Å². The molecular formula is C30H17F7. The van der Waals surface area contributed by atoms with Crippen LogP contribution >= 0.6 is 0 Å². The molecule has 5 aromatic carbocycles. The Morgan fingerprint density at radius 3 is 1.54 bits per heavy atom. The van der Waals surface area contributed by atoms with Gasteiger partial charge in [0.05, 0.1) is 11.1 Å². The number of hydrogen-bond acceptors (Lipinski definition) is 0. The predicted molar refractivity (Wildman–Crippen MR) is 130 cm³/mol. The van der Waals surface area contributed by atoms with E-state index in [9.17, 15) is 30.7 Å². The van der Waals surface area contributed by atoms with Crippen molar-refractivity contribution in [3.05, 3.63) is 120 Å². The van der Waals surface area contributed by atoms with E-state index >= 15 is 0 Å². The molecule has 0 aromatic heterocycles. The average Bonchev–Trinajstić information content (AvgIpc) is 2.87. The van der Waals surface area contributed by atoms with Gasteiger partial charge >= 0.3 is 12.4 Å². The van der Waals surface area contributed by atoms with E-state index in [-0.39, 0.29) is 11.1 Å². The second kappa shape index (κ2) is 9.07. The zero-order chi connectivity index (χ0) is 26.4. The van der Waals surface area contributed by atoms with Crippen LogP contribution in [0.2, 0.25) is 0 Å². The summed E-state index contributed by atoms with van der Waals surface area (Å²) < 4.78 is 95.3. The Kier molecular flexibility index (Phi) is 6.02. The Morgan fingerprint density at radius 2 is 0.946 bits per heavy atom. The molecule has 37 heavy (non-hydrogen) atoms. The van der Waals surface area contributed by atoms with Gasteiger partial charge in [0.25, 0.3) is 0 Å². The lowest BCUT2D eigenvalue weighted by Gasteiger charge is -2.19. The summed E-state index contributed by atoms with van der Waals surface area (Å²) in [5.74, 6) is -0.554. The van der Waals surface area contributed by atoms with Crippen LogP contribution in [0.5, 0.6) is 0 Å². The molecule has 0 aliphatic heterocycles. The van der Waals surface area contributed by atoms with E-state index in [1.807, 2.05) is 0 Å². The van der Waals surface area contributed by atoms with Crippen LogP contribution in [0, 0.1) is 5.82 Å². The molecule has 0 atom stereocenters. The zero-order valence-corrected chi connectivity index (χ0v) is 19.0. The van der Waals surface area contributed by atoms with Gasteiger partial charge in [0.15, 0.2) is 0 Å². The van der Waals surface area contributed by atoms with Gasteiger partial charge in [-0.3, -0.25) is 0 Å². The molecule has 0 radical (unpaired) electrons. The van der Waals surface area contributed by atoms with Crippen LogP contribution in [-0.4, -0.2) is 0 Å². The lowest BCUT2D eigenvalue weighted by atomic mass is 9.85. The van der Waals surface area contributed by atoms with Gasteiger partial charge in [-0.25, -0.2) is 4.39 Å². The van der Waals surface area contributed by atoms with Crippen LogP contribution in [0.25, 0.3) is 44.2 Å². The molecule has 5 aromatic rings. The van der Waals surface area contributed by atoms with Gasteiger partial charge in [-0.2, -0.15) is 26.3 Å². The van der Waals surface area contributed by atoms with Gasteiger partial charge in [0.1, 0.15) is 5.82 Å². The van der Waals surface area contributed by atoms with Crippen molar-refractivity contribution in [3.8, 4) is 33.4 Å². The van der Waals surface area contributed by atoms with Crippen LogP contribution in [0.1, 0.15) is 11.1 Å². The molecular weight excluding hydrogens is 493 g/mol. The molecule has 0 aliphatic carbocycles. The van der Waals surface area contributed by atoms with Crippen molar-refractivity contribution in [2.45, 2.75) is 12.4 Å². The number of alkyl halides is 6. The SMILES string of the molecule is Fc1cccc(-c2cc(-c3cccc(C(F)(F)F)c3)c3ccccc3c2-c2cccc(C(F)(F)F)c2)c1. The minimum absolute atomic E-state index is 0.251. The fraction of sp³-hybridized carbons (Fsp3) is 0.0667. The number of hydrogen-bond donors (Lipinski definition) is 0. The van der Waals surface area contributed by atoms with E-state index in [1.165, 1.54) is 42.5 Å². The number of fused-ring (bicyclic) bond motifs is 1. The highest BCUT2D eigenvalue weighted by Crippen LogP contribution is 2.45. The fourth-order valence-corrected chi connectivity index (χ4v) is 4.52. The van der Waals surface area contributed by atoms with Crippen molar-refractivity contribution in [2.24, 2.45) is 0 Å². The van der Waals surface area contributed by atoms with Crippen LogP contribution in [0.4, 0.5) is 30.7 Å². The minimum atomic E-state index is -4.58. The number of halogens is 7. The van der Waals surface area contributed by atoms with E-state index in [1.54, 1.807) is 36.4 Å². The Balaban J connectivity index is 1.88. The van der Waals surface area contributed by atoms with Gasteiger partial charge in [-0.15, -0.1) is 0 Å². The smallest absolute Gasteiger partial charge is 0.207 e. The first kappa shape index (κ1) is 24.6. The van der Waals surface area contributed by atoms with E-state index in [2.05, 4.69) is 0 Å². The highest BCUT2D eigenvalue weighted by molar-refractivity contribution is 6.10. The van der Waals surface area contributed by atoms with Gasteiger partial charge < -0.3 is 0 Å². The Labute approximate surface area is 207 Å². The molecule has 0 heterocycles. The van der Waals surface area contributed by atoms with Crippen molar-refractivity contribution < 1.29 is 30.7 Å². The molecule has 5 rings (SSSR count). The van der Waals surface area contributed by atoms with Crippen LogP contribution < -0.4 is 0 Å². The lowest BCUT2D eigenvalue weighted by molar-refractivity contribution is -0.138. The third kappa shape index (κ3) is 4.81. The monoisotopic (exact) mass is 510 g/mol. The maximum absolute atomic E-state index is 14.3. The van der Waals surface area contributed by atoms with Crippen molar-refractivity contribution in [2.75, 3.05) is 0 Å². The maximum atomic E-state index is 14.3. The first-order valence-corrected chi connectivity index (χ1v) is 11.2. The van der Waals surface area contributed by atoms with Crippen molar-refractivity contribution >= 4 is 10.8 Å².